The molecule has 0 bridgehead atoms. The van der Waals surface area contributed by atoms with Crippen molar-refractivity contribution in [2.24, 2.45) is 5.41 Å². The molecule has 0 fully saturated rings. The highest BCUT2D eigenvalue weighted by Crippen LogP contribution is 2.44. The van der Waals surface area contributed by atoms with E-state index in [0.29, 0.717) is 0 Å². The van der Waals surface area contributed by atoms with Gasteiger partial charge in [0.05, 0.1) is 12.1 Å². The van der Waals surface area contributed by atoms with Crippen LogP contribution in [0, 0.1) is 11.2 Å². The summed E-state index contributed by atoms with van der Waals surface area (Å²) in [7, 11) is 0. The van der Waals surface area contributed by atoms with Gasteiger partial charge in [0.1, 0.15) is 11.4 Å². The summed E-state index contributed by atoms with van der Waals surface area (Å²) in [6.07, 6.45) is 0. The van der Waals surface area contributed by atoms with Gasteiger partial charge in [-0.2, -0.15) is 0 Å². The molecule has 0 aliphatic carbocycles. The molecule has 1 amide bonds. The van der Waals surface area contributed by atoms with E-state index >= 15 is 0 Å². The van der Waals surface area contributed by atoms with Crippen molar-refractivity contribution in [2.75, 3.05) is 6.54 Å². The van der Waals surface area contributed by atoms with Crippen molar-refractivity contribution in [3.8, 4) is 0 Å². The molecule has 0 spiro atoms. The number of carboxylic acid groups (broad SMARTS) is 1. The number of benzene rings is 1. The lowest BCUT2D eigenvalue weighted by molar-refractivity contribution is -0.862. The minimum Gasteiger partial charge on any atom is -0.502 e. The molecule has 1 aromatic carbocycles. The minimum atomic E-state index is -1.39. The zero-order valence-electron chi connectivity index (χ0n) is 15.5. The molecule has 0 saturated heterocycles. The van der Waals surface area contributed by atoms with Crippen molar-refractivity contribution >= 4 is 17.6 Å². The second-order valence-electron chi connectivity index (χ2n) is 8.70. The van der Waals surface area contributed by atoms with Crippen LogP contribution in [0.15, 0.2) is 23.9 Å². The van der Waals surface area contributed by atoms with Crippen molar-refractivity contribution in [1.29, 1.82) is 0 Å². The smallest absolute Gasteiger partial charge is 0.395 e. The standard InChI is InChI=1S/C19H24FNO4/c1-18(2,3)10-21(19(4,5)6)14(17(24)25)15(22)13-9-11(20)7-8-12(13)16(21)23/h7-9H,10H2,1-6H3,(H-,22,24,25)/p+1. The average Bonchev–Trinajstić information content (AvgIpc) is 2.41. The van der Waals surface area contributed by atoms with Crippen molar-refractivity contribution in [3.63, 3.8) is 0 Å². The summed E-state index contributed by atoms with van der Waals surface area (Å²) in [5.41, 5.74) is -1.59. The Balaban J connectivity index is 2.97. The number of aliphatic hydroxyl groups is 1. The number of hydrogen-bond donors (Lipinski definition) is 2. The van der Waals surface area contributed by atoms with Crippen LogP contribution in [0.4, 0.5) is 4.39 Å². The van der Waals surface area contributed by atoms with Crippen molar-refractivity contribution in [3.05, 3.63) is 40.8 Å². The van der Waals surface area contributed by atoms with E-state index in [1.165, 1.54) is 6.07 Å². The number of quaternary nitrogens is 1. The molecule has 1 unspecified atom stereocenters. The van der Waals surface area contributed by atoms with Gasteiger partial charge >= 0.3 is 11.9 Å². The number of hydrogen-bond acceptors (Lipinski definition) is 3. The van der Waals surface area contributed by atoms with Crippen LogP contribution in [-0.2, 0) is 4.79 Å². The molecular weight excluding hydrogens is 325 g/mol. The topological polar surface area (TPSA) is 74.6 Å². The molecular formula is C19H25FNO4+. The van der Waals surface area contributed by atoms with E-state index in [1.54, 1.807) is 20.8 Å². The number of fused-ring (bicyclic) bond motifs is 1. The van der Waals surface area contributed by atoms with Gasteiger partial charge in [-0.3, -0.25) is 0 Å². The van der Waals surface area contributed by atoms with Gasteiger partial charge in [0.25, 0.3) is 5.70 Å². The van der Waals surface area contributed by atoms with Crippen LogP contribution in [0.3, 0.4) is 0 Å². The van der Waals surface area contributed by atoms with Crippen LogP contribution in [0.5, 0.6) is 0 Å². The van der Waals surface area contributed by atoms with Crippen LogP contribution in [0.2, 0.25) is 0 Å². The van der Waals surface area contributed by atoms with Crippen molar-refractivity contribution in [1.82, 2.24) is 0 Å². The number of nitrogens with zero attached hydrogens (tertiary/aromatic N) is 1. The predicted octanol–water partition coefficient (Wildman–Crippen LogP) is 3.95. The van der Waals surface area contributed by atoms with Gasteiger partial charge in [-0.05, 0) is 39.0 Å². The Hall–Kier alpha value is -2.21. The third-order valence-electron chi connectivity index (χ3n) is 4.48. The second-order valence-corrected chi connectivity index (χ2v) is 8.70. The van der Waals surface area contributed by atoms with E-state index in [1.807, 2.05) is 20.8 Å². The fraction of sp³-hybridized carbons (Fsp3) is 0.474. The largest absolute Gasteiger partial charge is 0.502 e. The first-order valence-corrected chi connectivity index (χ1v) is 8.12. The third-order valence-corrected chi connectivity index (χ3v) is 4.48. The van der Waals surface area contributed by atoms with Gasteiger partial charge in [0, 0.05) is 11.0 Å². The number of aliphatic hydroxyl groups excluding tert-OH is 1. The van der Waals surface area contributed by atoms with Gasteiger partial charge in [-0.1, -0.05) is 20.8 Å². The normalized spacial score (nSPS) is 21.3. The van der Waals surface area contributed by atoms with Gasteiger partial charge in [-0.15, -0.1) is 0 Å². The Morgan fingerprint density at radius 1 is 1.12 bits per heavy atom. The first kappa shape index (κ1) is 19.1. The molecule has 0 saturated carbocycles. The number of carbonyl (C=O) groups is 2. The van der Waals surface area contributed by atoms with E-state index in [0.717, 1.165) is 12.1 Å². The van der Waals surface area contributed by atoms with Crippen LogP contribution >= 0.6 is 0 Å². The Bertz CT molecular complexity index is 784. The third kappa shape index (κ3) is 2.95. The van der Waals surface area contributed by atoms with E-state index in [4.69, 9.17) is 0 Å². The molecule has 0 radical (unpaired) electrons. The summed E-state index contributed by atoms with van der Waals surface area (Å²) in [6.45, 7) is 11.2. The lowest BCUT2D eigenvalue weighted by atomic mass is 9.84. The molecule has 2 rings (SSSR count). The zero-order valence-corrected chi connectivity index (χ0v) is 15.5. The van der Waals surface area contributed by atoms with Gasteiger partial charge in [0.2, 0.25) is 0 Å². The fourth-order valence-corrected chi connectivity index (χ4v) is 3.52. The van der Waals surface area contributed by atoms with Crippen molar-refractivity contribution in [2.45, 2.75) is 47.1 Å². The Morgan fingerprint density at radius 2 is 1.68 bits per heavy atom. The first-order valence-electron chi connectivity index (χ1n) is 8.12. The van der Waals surface area contributed by atoms with Gasteiger partial charge in [0.15, 0.2) is 5.76 Å². The molecule has 1 atom stereocenters. The quantitative estimate of drug-likeness (QED) is 0.792. The molecule has 5 nitrogen and oxygen atoms in total. The average molecular weight is 350 g/mol. The molecule has 1 aliphatic rings. The monoisotopic (exact) mass is 350 g/mol. The Morgan fingerprint density at radius 3 is 2.12 bits per heavy atom. The molecule has 25 heavy (non-hydrogen) atoms. The van der Waals surface area contributed by atoms with Gasteiger partial charge < -0.3 is 10.2 Å². The number of carbonyl (C=O) groups excluding carboxylic acids is 1. The second kappa shape index (κ2) is 5.66. The summed E-state index contributed by atoms with van der Waals surface area (Å²) in [6, 6.07) is 3.45. The number of carboxylic acids is 1. The molecule has 0 aromatic heterocycles. The highest BCUT2D eigenvalue weighted by Gasteiger charge is 2.59. The van der Waals surface area contributed by atoms with Crippen molar-refractivity contribution < 1.29 is 28.7 Å². The molecule has 1 aromatic rings. The lowest BCUT2D eigenvalue weighted by Gasteiger charge is -2.49. The highest BCUT2D eigenvalue weighted by molar-refractivity contribution is 6.05. The van der Waals surface area contributed by atoms with E-state index in [-0.39, 0.29) is 17.7 Å². The van der Waals surface area contributed by atoms with Crippen LogP contribution < -0.4 is 0 Å². The number of amides is 1. The molecule has 2 N–H and O–H groups in total. The molecule has 1 heterocycles. The fourth-order valence-electron chi connectivity index (χ4n) is 3.52. The molecule has 136 valence electrons. The summed E-state index contributed by atoms with van der Waals surface area (Å²) in [5.74, 6) is -3.04. The summed E-state index contributed by atoms with van der Waals surface area (Å²) in [5, 5.41) is 20.5. The Kier molecular flexibility index (Phi) is 4.33. The Labute approximate surface area is 147 Å². The number of halogens is 1. The van der Waals surface area contributed by atoms with Crippen LogP contribution in [0.25, 0.3) is 5.76 Å². The van der Waals surface area contributed by atoms with E-state index < -0.39 is 44.6 Å². The maximum Gasteiger partial charge on any atom is 0.395 e. The minimum absolute atomic E-state index is 0.0747. The number of rotatable bonds is 2. The first-order chi connectivity index (χ1) is 11.2. The predicted molar refractivity (Wildman–Crippen MR) is 92.3 cm³/mol. The van der Waals surface area contributed by atoms with Gasteiger partial charge in [-0.25, -0.2) is 18.5 Å². The maximum absolute atomic E-state index is 13.6. The number of aliphatic carboxylic acids is 1. The van der Waals surface area contributed by atoms with Crippen LogP contribution in [0.1, 0.15) is 57.5 Å². The zero-order chi connectivity index (χ0) is 19.4. The SMILES string of the molecule is CC(C)(C)C[N+]1(C(C)(C)C)C(=O)c2ccc(F)cc2C(O)=C1C(=O)O. The summed E-state index contributed by atoms with van der Waals surface area (Å²) in [4.78, 5) is 25.5. The molecule has 6 heteroatoms. The summed E-state index contributed by atoms with van der Waals surface area (Å²) < 4.78 is 13.1. The maximum atomic E-state index is 13.6. The highest BCUT2D eigenvalue weighted by atomic mass is 19.1. The summed E-state index contributed by atoms with van der Waals surface area (Å²) >= 11 is 0. The molecule has 1 aliphatic heterocycles. The van der Waals surface area contributed by atoms with Crippen LogP contribution in [-0.4, -0.2) is 38.7 Å². The van der Waals surface area contributed by atoms with E-state index in [9.17, 15) is 24.2 Å². The lowest BCUT2D eigenvalue weighted by Crippen LogP contribution is -2.67. The van der Waals surface area contributed by atoms with E-state index in [2.05, 4.69) is 0 Å².